The van der Waals surface area contributed by atoms with Crippen molar-refractivity contribution in [2.24, 2.45) is 0 Å². The first-order chi connectivity index (χ1) is 9.33. The van der Waals surface area contributed by atoms with E-state index in [1.165, 1.54) is 0 Å². The fraction of sp³-hybridized carbons (Fsp3) is 0.143. The molecule has 0 atom stereocenters. The van der Waals surface area contributed by atoms with Crippen molar-refractivity contribution < 1.29 is 13.6 Å². The molecule has 3 aromatic heterocycles. The molecule has 0 spiro atoms. The van der Waals surface area contributed by atoms with Crippen molar-refractivity contribution in [1.82, 2.24) is 9.97 Å². The molecule has 96 valence electrons. The second kappa shape index (κ2) is 4.97. The van der Waals surface area contributed by atoms with Crippen LogP contribution in [-0.4, -0.2) is 9.97 Å². The largest absolute Gasteiger partial charge is 0.471 e. The van der Waals surface area contributed by atoms with Crippen LogP contribution in [0.3, 0.4) is 0 Å². The average molecular weight is 256 g/mol. The highest BCUT2D eigenvalue weighted by Crippen LogP contribution is 2.22. The minimum atomic E-state index is 0.313. The van der Waals surface area contributed by atoms with Crippen molar-refractivity contribution in [2.45, 2.75) is 13.5 Å². The zero-order chi connectivity index (χ0) is 13.1. The number of rotatable bonds is 4. The number of nitrogens with zero attached hydrogens (tertiary/aromatic N) is 2. The Bertz CT molecular complexity index is 645. The molecule has 0 saturated carbocycles. The van der Waals surface area contributed by atoms with Gasteiger partial charge in [-0.2, -0.15) is 0 Å². The highest BCUT2D eigenvalue weighted by molar-refractivity contribution is 5.44. The van der Waals surface area contributed by atoms with E-state index < -0.39 is 0 Å². The molecule has 0 aliphatic heterocycles. The highest BCUT2D eigenvalue weighted by Gasteiger charge is 2.13. The standard InChI is InChI=1S/C14H12N2O3/c1-10-11(9-18-13-6-2-3-7-15-13)16-14(19-10)12-5-4-8-17-12/h2-8H,9H2,1H3. The van der Waals surface area contributed by atoms with E-state index in [1.807, 2.05) is 19.1 Å². The molecule has 0 bridgehead atoms. The smallest absolute Gasteiger partial charge is 0.263 e. The topological polar surface area (TPSA) is 61.3 Å². The fourth-order valence-electron chi connectivity index (χ4n) is 1.64. The molecule has 0 radical (unpaired) electrons. The first-order valence-electron chi connectivity index (χ1n) is 5.87. The van der Waals surface area contributed by atoms with Gasteiger partial charge in [-0.25, -0.2) is 9.97 Å². The zero-order valence-electron chi connectivity index (χ0n) is 10.4. The maximum absolute atomic E-state index is 5.54. The molecular formula is C14H12N2O3. The molecule has 0 unspecified atom stereocenters. The van der Waals surface area contributed by atoms with E-state index in [9.17, 15) is 0 Å². The van der Waals surface area contributed by atoms with Crippen molar-refractivity contribution >= 4 is 0 Å². The van der Waals surface area contributed by atoms with Crippen LogP contribution in [0, 0.1) is 6.92 Å². The minimum Gasteiger partial charge on any atom is -0.471 e. The van der Waals surface area contributed by atoms with Crippen molar-refractivity contribution in [3.05, 3.63) is 54.2 Å². The van der Waals surface area contributed by atoms with Crippen LogP contribution in [0.1, 0.15) is 11.5 Å². The predicted molar refractivity (Wildman–Crippen MR) is 67.5 cm³/mol. The van der Waals surface area contributed by atoms with Crippen LogP contribution < -0.4 is 4.74 Å². The van der Waals surface area contributed by atoms with E-state index >= 15 is 0 Å². The van der Waals surface area contributed by atoms with Gasteiger partial charge < -0.3 is 13.6 Å². The molecule has 0 aromatic carbocycles. The zero-order valence-corrected chi connectivity index (χ0v) is 10.4. The Morgan fingerprint density at radius 1 is 1.21 bits per heavy atom. The molecule has 0 aliphatic carbocycles. The van der Waals surface area contributed by atoms with E-state index in [4.69, 9.17) is 13.6 Å². The van der Waals surface area contributed by atoms with Crippen molar-refractivity contribution in [3.8, 4) is 17.5 Å². The quantitative estimate of drug-likeness (QED) is 0.717. The van der Waals surface area contributed by atoms with Gasteiger partial charge in [0.15, 0.2) is 5.76 Å². The van der Waals surface area contributed by atoms with E-state index in [2.05, 4.69) is 9.97 Å². The summed E-state index contributed by atoms with van der Waals surface area (Å²) >= 11 is 0. The van der Waals surface area contributed by atoms with Crippen LogP contribution in [0.15, 0.2) is 51.6 Å². The number of hydrogen-bond acceptors (Lipinski definition) is 5. The van der Waals surface area contributed by atoms with Crippen LogP contribution in [-0.2, 0) is 6.61 Å². The Kier molecular flexibility index (Phi) is 3.02. The third-order valence-electron chi connectivity index (χ3n) is 2.62. The van der Waals surface area contributed by atoms with Crippen LogP contribution >= 0.6 is 0 Å². The summed E-state index contributed by atoms with van der Waals surface area (Å²) in [5.74, 6) is 2.33. The van der Waals surface area contributed by atoms with Crippen molar-refractivity contribution in [1.29, 1.82) is 0 Å². The predicted octanol–water partition coefficient (Wildman–Crippen LogP) is 3.22. The van der Waals surface area contributed by atoms with Crippen LogP contribution in [0.2, 0.25) is 0 Å². The van der Waals surface area contributed by atoms with Gasteiger partial charge in [0.2, 0.25) is 5.88 Å². The average Bonchev–Trinajstić information content (AvgIpc) is 3.07. The van der Waals surface area contributed by atoms with Gasteiger partial charge in [0, 0.05) is 12.3 Å². The molecule has 0 aliphatic rings. The lowest BCUT2D eigenvalue weighted by atomic mass is 10.4. The molecule has 0 saturated heterocycles. The lowest BCUT2D eigenvalue weighted by Gasteiger charge is -2.01. The third kappa shape index (κ3) is 2.49. The normalized spacial score (nSPS) is 10.6. The molecule has 3 rings (SSSR count). The van der Waals surface area contributed by atoms with E-state index in [1.54, 1.807) is 30.7 Å². The molecule has 5 heteroatoms. The van der Waals surface area contributed by atoms with Gasteiger partial charge in [-0.3, -0.25) is 0 Å². The molecule has 0 amide bonds. The molecule has 5 nitrogen and oxygen atoms in total. The maximum atomic E-state index is 5.54. The molecule has 3 aromatic rings. The second-order valence-corrected chi connectivity index (χ2v) is 3.96. The first-order valence-corrected chi connectivity index (χ1v) is 5.87. The van der Waals surface area contributed by atoms with Gasteiger partial charge in [0.1, 0.15) is 18.1 Å². The van der Waals surface area contributed by atoms with Gasteiger partial charge in [-0.1, -0.05) is 6.07 Å². The number of hydrogen-bond donors (Lipinski definition) is 0. The van der Waals surface area contributed by atoms with Gasteiger partial charge in [0.05, 0.1) is 6.26 Å². The maximum Gasteiger partial charge on any atom is 0.263 e. The van der Waals surface area contributed by atoms with Crippen molar-refractivity contribution in [3.63, 3.8) is 0 Å². The molecule has 3 heterocycles. The van der Waals surface area contributed by atoms with E-state index in [0.29, 0.717) is 29.9 Å². The lowest BCUT2D eigenvalue weighted by Crippen LogP contribution is -1.98. The van der Waals surface area contributed by atoms with E-state index in [0.717, 1.165) is 5.69 Å². The summed E-state index contributed by atoms with van der Waals surface area (Å²) in [7, 11) is 0. The minimum absolute atomic E-state index is 0.313. The Morgan fingerprint density at radius 2 is 2.16 bits per heavy atom. The number of aryl methyl sites for hydroxylation is 1. The monoisotopic (exact) mass is 256 g/mol. The summed E-state index contributed by atoms with van der Waals surface area (Å²) in [4.78, 5) is 8.44. The Morgan fingerprint density at radius 3 is 2.89 bits per heavy atom. The number of oxazole rings is 1. The molecule has 19 heavy (non-hydrogen) atoms. The summed E-state index contributed by atoms with van der Waals surface area (Å²) in [6.07, 6.45) is 3.26. The van der Waals surface area contributed by atoms with Gasteiger partial charge in [-0.15, -0.1) is 0 Å². The first kappa shape index (κ1) is 11.5. The van der Waals surface area contributed by atoms with Crippen molar-refractivity contribution in [2.75, 3.05) is 0 Å². The molecule has 0 fully saturated rings. The molecular weight excluding hydrogens is 244 g/mol. The van der Waals surface area contributed by atoms with Crippen LogP contribution in [0.25, 0.3) is 11.7 Å². The number of ether oxygens (including phenoxy) is 1. The Labute approximate surface area is 109 Å². The van der Waals surface area contributed by atoms with Gasteiger partial charge in [0.25, 0.3) is 5.89 Å². The van der Waals surface area contributed by atoms with Crippen LogP contribution in [0.5, 0.6) is 5.88 Å². The van der Waals surface area contributed by atoms with E-state index in [-0.39, 0.29) is 0 Å². The summed E-state index contributed by atoms with van der Waals surface area (Å²) in [5, 5.41) is 0. The number of aromatic nitrogens is 2. The summed E-state index contributed by atoms with van der Waals surface area (Å²) < 4.78 is 16.3. The molecule has 0 N–H and O–H groups in total. The highest BCUT2D eigenvalue weighted by atomic mass is 16.5. The third-order valence-corrected chi connectivity index (χ3v) is 2.62. The Hall–Kier alpha value is -2.56. The fourth-order valence-corrected chi connectivity index (χ4v) is 1.64. The van der Waals surface area contributed by atoms with Crippen LogP contribution in [0.4, 0.5) is 0 Å². The second-order valence-electron chi connectivity index (χ2n) is 3.96. The summed E-state index contributed by atoms with van der Waals surface area (Å²) in [6.45, 7) is 2.16. The number of furan rings is 1. The summed E-state index contributed by atoms with van der Waals surface area (Å²) in [6, 6.07) is 9.09. The SMILES string of the molecule is Cc1oc(-c2ccco2)nc1COc1ccccn1. The Balaban J connectivity index is 1.75. The summed E-state index contributed by atoms with van der Waals surface area (Å²) in [5.41, 5.74) is 0.733. The number of pyridine rings is 1. The lowest BCUT2D eigenvalue weighted by molar-refractivity contribution is 0.287. The van der Waals surface area contributed by atoms with Gasteiger partial charge in [-0.05, 0) is 25.1 Å². The van der Waals surface area contributed by atoms with Gasteiger partial charge >= 0.3 is 0 Å².